The molecule has 108 valence electrons. The highest BCUT2D eigenvalue weighted by atomic mass is 16.1. The number of carbonyl (C=O) groups is 1. The minimum atomic E-state index is 0.106. The van der Waals surface area contributed by atoms with E-state index in [1.54, 1.807) is 0 Å². The van der Waals surface area contributed by atoms with Gasteiger partial charge in [0.15, 0.2) is 0 Å². The molecule has 0 aromatic rings. The SMILES string of the molecule is CCC1(CNC(=O)C2C3CCC(C3)C2N)CCCC1. The first-order valence-electron chi connectivity index (χ1n) is 8.18. The molecule has 1 amide bonds. The zero-order valence-corrected chi connectivity index (χ0v) is 12.2. The molecule has 0 aliphatic heterocycles. The van der Waals surface area contributed by atoms with Gasteiger partial charge in [-0.1, -0.05) is 19.8 Å². The third-order valence-electron chi connectivity index (χ3n) is 6.34. The van der Waals surface area contributed by atoms with Crippen LogP contribution in [0.5, 0.6) is 0 Å². The van der Waals surface area contributed by atoms with Crippen molar-refractivity contribution in [1.82, 2.24) is 5.32 Å². The van der Waals surface area contributed by atoms with E-state index in [2.05, 4.69) is 12.2 Å². The van der Waals surface area contributed by atoms with Gasteiger partial charge in [0.1, 0.15) is 0 Å². The Hall–Kier alpha value is -0.570. The fraction of sp³-hybridized carbons (Fsp3) is 0.938. The number of fused-ring (bicyclic) bond motifs is 2. The van der Waals surface area contributed by atoms with Crippen molar-refractivity contribution in [2.75, 3.05) is 6.54 Å². The number of hydrogen-bond donors (Lipinski definition) is 2. The van der Waals surface area contributed by atoms with Crippen molar-refractivity contribution in [1.29, 1.82) is 0 Å². The Morgan fingerprint density at radius 3 is 2.53 bits per heavy atom. The van der Waals surface area contributed by atoms with Crippen LogP contribution in [0.3, 0.4) is 0 Å². The van der Waals surface area contributed by atoms with Gasteiger partial charge < -0.3 is 11.1 Å². The van der Waals surface area contributed by atoms with Crippen LogP contribution in [0.15, 0.2) is 0 Å². The third-order valence-corrected chi connectivity index (χ3v) is 6.34. The van der Waals surface area contributed by atoms with Crippen LogP contribution < -0.4 is 11.1 Å². The second-order valence-electron chi connectivity index (χ2n) is 7.21. The molecule has 3 heteroatoms. The van der Waals surface area contributed by atoms with E-state index >= 15 is 0 Å². The summed E-state index contributed by atoms with van der Waals surface area (Å²) in [5.41, 5.74) is 6.64. The quantitative estimate of drug-likeness (QED) is 0.819. The normalized spacial score (nSPS) is 39.7. The van der Waals surface area contributed by atoms with Crippen molar-refractivity contribution in [2.45, 2.75) is 64.3 Å². The maximum atomic E-state index is 12.5. The van der Waals surface area contributed by atoms with Crippen molar-refractivity contribution >= 4 is 5.91 Å². The maximum absolute atomic E-state index is 12.5. The molecule has 0 radical (unpaired) electrons. The van der Waals surface area contributed by atoms with Crippen LogP contribution in [0, 0.1) is 23.2 Å². The lowest BCUT2D eigenvalue weighted by Gasteiger charge is -2.31. The highest BCUT2D eigenvalue weighted by Crippen LogP contribution is 2.48. The van der Waals surface area contributed by atoms with Gasteiger partial charge in [0.25, 0.3) is 0 Å². The molecule has 3 N–H and O–H groups in total. The molecule has 0 aromatic carbocycles. The Kier molecular flexibility index (Phi) is 3.59. The number of rotatable bonds is 4. The summed E-state index contributed by atoms with van der Waals surface area (Å²) >= 11 is 0. The summed E-state index contributed by atoms with van der Waals surface area (Å²) in [7, 11) is 0. The summed E-state index contributed by atoms with van der Waals surface area (Å²) in [6.07, 6.45) is 10.1. The van der Waals surface area contributed by atoms with Crippen LogP contribution in [0.4, 0.5) is 0 Å². The zero-order chi connectivity index (χ0) is 13.5. The van der Waals surface area contributed by atoms with Crippen LogP contribution in [0.25, 0.3) is 0 Å². The summed E-state index contributed by atoms with van der Waals surface area (Å²) in [5.74, 6) is 1.54. The molecule has 3 aliphatic rings. The predicted octanol–water partition coefficient (Wildman–Crippen LogP) is 2.45. The highest BCUT2D eigenvalue weighted by Gasteiger charge is 2.49. The summed E-state index contributed by atoms with van der Waals surface area (Å²) in [5, 5.41) is 3.25. The largest absolute Gasteiger partial charge is 0.355 e. The van der Waals surface area contributed by atoms with E-state index in [-0.39, 0.29) is 17.9 Å². The lowest BCUT2D eigenvalue weighted by Crippen LogP contribution is -2.47. The summed E-state index contributed by atoms with van der Waals surface area (Å²) in [6.45, 7) is 3.14. The Labute approximate surface area is 116 Å². The molecule has 19 heavy (non-hydrogen) atoms. The van der Waals surface area contributed by atoms with Gasteiger partial charge in [0, 0.05) is 12.6 Å². The molecule has 0 aromatic heterocycles. The first-order chi connectivity index (χ1) is 9.15. The molecular formula is C16H28N2O. The lowest BCUT2D eigenvalue weighted by atomic mass is 9.82. The first kappa shape index (κ1) is 13.4. The predicted molar refractivity (Wildman–Crippen MR) is 76.5 cm³/mol. The van der Waals surface area contributed by atoms with Crippen LogP contribution in [0.2, 0.25) is 0 Å². The Bertz CT molecular complexity index is 347. The van der Waals surface area contributed by atoms with Gasteiger partial charge in [-0.3, -0.25) is 4.79 Å². The van der Waals surface area contributed by atoms with E-state index in [9.17, 15) is 4.79 Å². The molecule has 3 aliphatic carbocycles. The smallest absolute Gasteiger partial charge is 0.224 e. The fourth-order valence-corrected chi connectivity index (χ4v) is 4.90. The number of carbonyl (C=O) groups excluding carboxylic acids is 1. The van der Waals surface area contributed by atoms with Crippen molar-refractivity contribution in [3.63, 3.8) is 0 Å². The second-order valence-corrected chi connectivity index (χ2v) is 7.21. The first-order valence-corrected chi connectivity index (χ1v) is 8.18. The van der Waals surface area contributed by atoms with Crippen molar-refractivity contribution in [2.24, 2.45) is 28.9 Å². The van der Waals surface area contributed by atoms with E-state index in [1.807, 2.05) is 0 Å². The molecule has 3 saturated carbocycles. The van der Waals surface area contributed by atoms with E-state index in [4.69, 9.17) is 5.73 Å². The molecule has 0 spiro atoms. The summed E-state index contributed by atoms with van der Waals surface area (Å²) < 4.78 is 0. The van der Waals surface area contributed by atoms with Crippen molar-refractivity contribution in [3.05, 3.63) is 0 Å². The summed E-state index contributed by atoms with van der Waals surface area (Å²) in [4.78, 5) is 12.5. The van der Waals surface area contributed by atoms with Gasteiger partial charge in [-0.15, -0.1) is 0 Å². The molecule has 4 atom stereocenters. The van der Waals surface area contributed by atoms with Crippen LogP contribution in [-0.2, 0) is 4.79 Å². The molecule has 2 bridgehead atoms. The van der Waals surface area contributed by atoms with Crippen molar-refractivity contribution in [3.8, 4) is 0 Å². The monoisotopic (exact) mass is 264 g/mol. The van der Waals surface area contributed by atoms with Gasteiger partial charge in [0.05, 0.1) is 5.92 Å². The highest BCUT2D eigenvalue weighted by molar-refractivity contribution is 5.80. The molecule has 3 fully saturated rings. The summed E-state index contributed by atoms with van der Waals surface area (Å²) in [6, 6.07) is 0.125. The third kappa shape index (κ3) is 2.31. The molecule has 0 saturated heterocycles. The fourth-order valence-electron chi connectivity index (χ4n) is 4.90. The second kappa shape index (κ2) is 5.08. The standard InChI is InChI=1S/C16H28N2O/c1-2-16(7-3-4-8-16)10-18-15(19)13-11-5-6-12(9-11)14(13)17/h11-14H,2-10,17H2,1H3,(H,18,19). The number of amides is 1. The van der Waals surface area contributed by atoms with Gasteiger partial charge in [-0.2, -0.15) is 0 Å². The minimum Gasteiger partial charge on any atom is -0.355 e. The van der Waals surface area contributed by atoms with Crippen molar-refractivity contribution < 1.29 is 4.79 Å². The molecule has 4 unspecified atom stereocenters. The average molecular weight is 264 g/mol. The van der Waals surface area contributed by atoms with Crippen LogP contribution >= 0.6 is 0 Å². The topological polar surface area (TPSA) is 55.1 Å². The van der Waals surface area contributed by atoms with E-state index in [1.165, 1.54) is 51.4 Å². The Morgan fingerprint density at radius 1 is 1.26 bits per heavy atom. The van der Waals surface area contributed by atoms with E-state index < -0.39 is 0 Å². The minimum absolute atomic E-state index is 0.106. The van der Waals surface area contributed by atoms with Crippen LogP contribution in [0.1, 0.15) is 58.3 Å². The molecule has 0 heterocycles. The number of nitrogens with two attached hydrogens (primary N) is 1. The van der Waals surface area contributed by atoms with Gasteiger partial charge in [-0.05, 0) is 55.8 Å². The average Bonchev–Trinajstić information content (AvgIpc) is 3.12. The number of nitrogens with one attached hydrogen (secondary N) is 1. The molecular weight excluding hydrogens is 236 g/mol. The molecule has 3 rings (SSSR count). The van der Waals surface area contributed by atoms with Gasteiger partial charge >= 0.3 is 0 Å². The lowest BCUT2D eigenvalue weighted by molar-refractivity contribution is -0.127. The van der Waals surface area contributed by atoms with E-state index in [0.717, 1.165) is 6.54 Å². The molecule has 3 nitrogen and oxygen atoms in total. The zero-order valence-electron chi connectivity index (χ0n) is 12.2. The number of hydrogen-bond acceptors (Lipinski definition) is 2. The van der Waals surface area contributed by atoms with Gasteiger partial charge in [0.2, 0.25) is 5.91 Å². The Balaban J connectivity index is 1.57. The Morgan fingerprint density at radius 2 is 1.95 bits per heavy atom. The maximum Gasteiger partial charge on any atom is 0.224 e. The van der Waals surface area contributed by atoms with Crippen LogP contribution in [-0.4, -0.2) is 18.5 Å². The van der Waals surface area contributed by atoms with Gasteiger partial charge in [-0.25, -0.2) is 0 Å². The van der Waals surface area contributed by atoms with E-state index in [0.29, 0.717) is 17.3 Å².